The minimum absolute atomic E-state index is 0.0611. The van der Waals surface area contributed by atoms with E-state index in [1.165, 1.54) is 12.1 Å². The number of amides is 1. The molecule has 0 aliphatic heterocycles. The van der Waals surface area contributed by atoms with Crippen molar-refractivity contribution in [3.05, 3.63) is 83.4 Å². The van der Waals surface area contributed by atoms with Crippen LogP contribution in [0.3, 0.4) is 0 Å². The van der Waals surface area contributed by atoms with Gasteiger partial charge in [-0.1, -0.05) is 36.8 Å². The van der Waals surface area contributed by atoms with Crippen LogP contribution in [0.25, 0.3) is 0 Å². The van der Waals surface area contributed by atoms with Crippen LogP contribution in [0.2, 0.25) is 0 Å². The summed E-state index contributed by atoms with van der Waals surface area (Å²) in [6.07, 6.45) is 0.680. The molecule has 6 nitrogen and oxygen atoms in total. The lowest BCUT2D eigenvalue weighted by Crippen LogP contribution is -2.20. The zero-order valence-corrected chi connectivity index (χ0v) is 17.9. The van der Waals surface area contributed by atoms with E-state index in [-0.39, 0.29) is 10.5 Å². The molecule has 3 aromatic rings. The summed E-state index contributed by atoms with van der Waals surface area (Å²) in [5.74, 6) is 0.144. The van der Waals surface area contributed by atoms with E-state index in [1.54, 1.807) is 49.6 Å². The molecule has 0 aliphatic carbocycles. The first-order valence-electron chi connectivity index (χ1n) is 9.51. The van der Waals surface area contributed by atoms with Crippen LogP contribution in [0.15, 0.2) is 71.6 Å². The van der Waals surface area contributed by atoms with Crippen LogP contribution in [-0.4, -0.2) is 21.4 Å². The van der Waals surface area contributed by atoms with Crippen LogP contribution < -0.4 is 14.8 Å². The van der Waals surface area contributed by atoms with E-state index in [4.69, 9.17) is 4.74 Å². The van der Waals surface area contributed by atoms with Gasteiger partial charge in [-0.3, -0.25) is 9.52 Å². The topological polar surface area (TPSA) is 84.5 Å². The summed E-state index contributed by atoms with van der Waals surface area (Å²) < 4.78 is 34.0. The quantitative estimate of drug-likeness (QED) is 0.580. The van der Waals surface area contributed by atoms with Gasteiger partial charge in [-0.05, 0) is 61.4 Å². The van der Waals surface area contributed by atoms with Gasteiger partial charge in [-0.2, -0.15) is 0 Å². The van der Waals surface area contributed by atoms with E-state index < -0.39 is 15.9 Å². The second-order valence-corrected chi connectivity index (χ2v) is 8.45. The molecule has 0 aromatic heterocycles. The molecule has 0 radical (unpaired) electrons. The van der Waals surface area contributed by atoms with E-state index in [0.29, 0.717) is 23.5 Å². The number of nitrogens with one attached hydrogen (secondary N) is 2. The summed E-state index contributed by atoms with van der Waals surface area (Å²) in [6, 6.07) is 18.5. The van der Waals surface area contributed by atoms with Crippen molar-refractivity contribution in [1.82, 2.24) is 0 Å². The Bertz CT molecular complexity index is 1160. The normalized spacial score (nSPS) is 11.0. The molecule has 0 bridgehead atoms. The first-order chi connectivity index (χ1) is 14.3. The first-order valence-corrected chi connectivity index (χ1v) is 11.0. The molecule has 0 saturated carbocycles. The van der Waals surface area contributed by atoms with Crippen LogP contribution in [-0.2, 0) is 16.4 Å². The van der Waals surface area contributed by atoms with E-state index in [0.717, 1.165) is 11.1 Å². The first kappa shape index (κ1) is 21.4. The smallest absolute Gasteiger partial charge is 0.262 e. The fourth-order valence-electron chi connectivity index (χ4n) is 3.08. The summed E-state index contributed by atoms with van der Waals surface area (Å²) in [4.78, 5) is 12.7. The van der Waals surface area contributed by atoms with Gasteiger partial charge in [0.25, 0.3) is 15.9 Å². The van der Waals surface area contributed by atoms with E-state index in [2.05, 4.69) is 10.0 Å². The van der Waals surface area contributed by atoms with Crippen molar-refractivity contribution in [3.63, 3.8) is 0 Å². The Morgan fingerprint density at radius 3 is 2.37 bits per heavy atom. The van der Waals surface area contributed by atoms with Crippen molar-refractivity contribution in [2.45, 2.75) is 25.2 Å². The maximum atomic E-state index is 13.1. The third-order valence-electron chi connectivity index (χ3n) is 4.66. The van der Waals surface area contributed by atoms with Gasteiger partial charge in [0.05, 0.1) is 18.4 Å². The van der Waals surface area contributed by atoms with Crippen LogP contribution in [0.5, 0.6) is 5.75 Å². The van der Waals surface area contributed by atoms with E-state index >= 15 is 0 Å². The number of anilines is 2. The molecule has 2 N–H and O–H groups in total. The number of carbonyl (C=O) groups excluding carboxylic acids is 1. The molecule has 30 heavy (non-hydrogen) atoms. The minimum atomic E-state index is -3.97. The number of hydrogen-bond donors (Lipinski definition) is 2. The number of ether oxygens (including phenoxy) is 1. The molecule has 0 fully saturated rings. The molecule has 156 valence electrons. The van der Waals surface area contributed by atoms with Crippen molar-refractivity contribution in [2.75, 3.05) is 17.1 Å². The summed E-state index contributed by atoms with van der Waals surface area (Å²) in [7, 11) is -2.41. The summed E-state index contributed by atoms with van der Waals surface area (Å²) in [5, 5.41) is 2.73. The monoisotopic (exact) mass is 424 g/mol. The van der Waals surface area contributed by atoms with Crippen molar-refractivity contribution >= 4 is 27.3 Å². The molecular weight excluding hydrogens is 400 g/mol. The number of carbonyl (C=O) groups is 1. The predicted octanol–water partition coefficient (Wildman–Crippen LogP) is 4.62. The zero-order valence-electron chi connectivity index (χ0n) is 17.1. The molecule has 0 unspecified atom stereocenters. The maximum Gasteiger partial charge on any atom is 0.262 e. The number of hydrogen-bond acceptors (Lipinski definition) is 4. The summed E-state index contributed by atoms with van der Waals surface area (Å²) >= 11 is 0. The van der Waals surface area contributed by atoms with Gasteiger partial charge in [0, 0.05) is 5.69 Å². The van der Waals surface area contributed by atoms with Gasteiger partial charge in [-0.25, -0.2) is 8.42 Å². The van der Waals surface area contributed by atoms with Crippen molar-refractivity contribution in [2.24, 2.45) is 0 Å². The van der Waals surface area contributed by atoms with Gasteiger partial charge in [0.1, 0.15) is 10.6 Å². The Labute approximate surface area is 177 Å². The highest BCUT2D eigenvalue weighted by atomic mass is 32.2. The Kier molecular flexibility index (Phi) is 6.42. The fourth-order valence-corrected chi connectivity index (χ4v) is 4.38. The van der Waals surface area contributed by atoms with Gasteiger partial charge in [0.15, 0.2) is 0 Å². The lowest BCUT2D eigenvalue weighted by molar-refractivity contribution is 0.102. The van der Waals surface area contributed by atoms with Crippen LogP contribution in [0.1, 0.15) is 28.4 Å². The molecule has 3 rings (SSSR count). The van der Waals surface area contributed by atoms with Crippen molar-refractivity contribution in [1.29, 1.82) is 0 Å². The van der Waals surface area contributed by atoms with Crippen LogP contribution >= 0.6 is 0 Å². The molecular formula is C23H24N2O4S. The average Bonchev–Trinajstić information content (AvgIpc) is 2.75. The number of aryl methyl sites for hydroxylation is 2. The molecule has 0 saturated heterocycles. The predicted molar refractivity (Wildman–Crippen MR) is 119 cm³/mol. The Morgan fingerprint density at radius 1 is 1.00 bits per heavy atom. The van der Waals surface area contributed by atoms with Gasteiger partial charge >= 0.3 is 0 Å². The number of benzene rings is 3. The van der Waals surface area contributed by atoms with Crippen molar-refractivity contribution < 1.29 is 17.9 Å². The van der Waals surface area contributed by atoms with Gasteiger partial charge < -0.3 is 10.1 Å². The second-order valence-electron chi connectivity index (χ2n) is 6.80. The Morgan fingerprint density at radius 2 is 1.70 bits per heavy atom. The third-order valence-corrected chi connectivity index (χ3v) is 6.08. The standard InChI is InChI=1S/C23H24N2O4S/c1-4-17-15-16(2)9-14-21(17)25-30(27,28)22-8-6-5-7-20(22)23(26)24-18-10-12-19(29-3)13-11-18/h5-15,25H,4H2,1-3H3,(H,24,26). The summed E-state index contributed by atoms with van der Waals surface area (Å²) in [6.45, 7) is 3.92. The molecule has 7 heteroatoms. The SMILES string of the molecule is CCc1cc(C)ccc1NS(=O)(=O)c1ccccc1C(=O)Nc1ccc(OC)cc1. The highest BCUT2D eigenvalue weighted by Gasteiger charge is 2.23. The Balaban J connectivity index is 1.90. The highest BCUT2D eigenvalue weighted by molar-refractivity contribution is 7.92. The van der Waals surface area contributed by atoms with Crippen LogP contribution in [0.4, 0.5) is 11.4 Å². The lowest BCUT2D eigenvalue weighted by Gasteiger charge is -2.15. The molecule has 0 heterocycles. The van der Waals surface area contributed by atoms with Gasteiger partial charge in [0.2, 0.25) is 0 Å². The lowest BCUT2D eigenvalue weighted by atomic mass is 10.1. The molecule has 1 amide bonds. The zero-order chi connectivity index (χ0) is 21.7. The van der Waals surface area contributed by atoms with Crippen molar-refractivity contribution in [3.8, 4) is 5.75 Å². The third kappa shape index (κ3) is 4.80. The average molecular weight is 425 g/mol. The fraction of sp³-hybridized carbons (Fsp3) is 0.174. The number of rotatable bonds is 7. The number of sulfonamides is 1. The number of methoxy groups -OCH3 is 1. The highest BCUT2D eigenvalue weighted by Crippen LogP contribution is 2.25. The maximum absolute atomic E-state index is 13.1. The second kappa shape index (κ2) is 9.00. The largest absolute Gasteiger partial charge is 0.497 e. The molecule has 0 spiro atoms. The van der Waals surface area contributed by atoms with Gasteiger partial charge in [-0.15, -0.1) is 0 Å². The summed E-state index contributed by atoms with van der Waals surface area (Å²) in [5.41, 5.74) is 3.04. The minimum Gasteiger partial charge on any atom is -0.497 e. The molecule has 0 aliphatic rings. The van der Waals surface area contributed by atoms with E-state index in [1.807, 2.05) is 26.0 Å². The van der Waals surface area contributed by atoms with E-state index in [9.17, 15) is 13.2 Å². The Hall–Kier alpha value is -3.32. The molecule has 3 aromatic carbocycles. The molecule has 0 atom stereocenters. The van der Waals surface area contributed by atoms with Crippen LogP contribution in [0, 0.1) is 6.92 Å².